The number of carboxylic acid groups (broad SMARTS) is 1. The number of halogens is 1. The number of rotatable bonds is 4. The van der Waals surface area contributed by atoms with Crippen LogP contribution in [-0.4, -0.2) is 37.9 Å². The second-order valence-corrected chi connectivity index (χ2v) is 7.14. The first-order chi connectivity index (χ1) is 8.59. The van der Waals surface area contributed by atoms with E-state index < -0.39 is 16.0 Å². The predicted molar refractivity (Wildman–Crippen MR) is 73.4 cm³/mol. The molecule has 0 aliphatic heterocycles. The molecule has 7 heteroatoms. The van der Waals surface area contributed by atoms with E-state index in [9.17, 15) is 18.3 Å². The summed E-state index contributed by atoms with van der Waals surface area (Å²) in [5.74, 6) is -1.24. The van der Waals surface area contributed by atoms with Crippen LogP contribution in [0, 0.1) is 0 Å². The van der Waals surface area contributed by atoms with Crippen LogP contribution in [0.3, 0.4) is 0 Å². The molecule has 1 N–H and O–H groups in total. The van der Waals surface area contributed by atoms with Gasteiger partial charge in [-0.3, -0.25) is 0 Å². The van der Waals surface area contributed by atoms with Gasteiger partial charge in [0.15, 0.2) is 0 Å². The standard InChI is InChI=1S/C12H16ClNO4S/c1-7(2)8-5-10(13)11(6-9(8)12(15)16)19(17,18)14(3)4/h5-7H,1-4H3,(H,15,16). The van der Waals surface area contributed by atoms with Gasteiger partial charge in [-0.05, 0) is 23.6 Å². The number of nitrogens with zero attached hydrogens (tertiary/aromatic N) is 1. The first kappa shape index (κ1) is 15.9. The van der Waals surface area contributed by atoms with Crippen LogP contribution < -0.4 is 0 Å². The summed E-state index contributed by atoms with van der Waals surface area (Å²) < 4.78 is 25.1. The molecule has 0 unspecified atom stereocenters. The van der Waals surface area contributed by atoms with Crippen molar-refractivity contribution in [1.82, 2.24) is 4.31 Å². The molecule has 0 bridgehead atoms. The van der Waals surface area contributed by atoms with Gasteiger partial charge >= 0.3 is 5.97 Å². The van der Waals surface area contributed by atoms with Crippen LogP contribution >= 0.6 is 11.6 Å². The highest BCUT2D eigenvalue weighted by Gasteiger charge is 2.25. The van der Waals surface area contributed by atoms with Gasteiger partial charge in [-0.2, -0.15) is 0 Å². The van der Waals surface area contributed by atoms with Gasteiger partial charge in [-0.15, -0.1) is 0 Å². The average molecular weight is 306 g/mol. The Morgan fingerprint density at radius 3 is 2.21 bits per heavy atom. The van der Waals surface area contributed by atoms with E-state index in [1.807, 2.05) is 13.8 Å². The van der Waals surface area contributed by atoms with Gasteiger partial charge in [-0.25, -0.2) is 17.5 Å². The molecule has 0 aromatic heterocycles. The number of aromatic carboxylic acids is 1. The predicted octanol–water partition coefficient (Wildman–Crippen LogP) is 2.41. The molecule has 19 heavy (non-hydrogen) atoms. The molecular weight excluding hydrogens is 290 g/mol. The quantitative estimate of drug-likeness (QED) is 0.927. The first-order valence-corrected chi connectivity index (χ1v) is 7.40. The molecule has 5 nitrogen and oxygen atoms in total. The number of sulfonamides is 1. The highest BCUT2D eigenvalue weighted by Crippen LogP contribution is 2.30. The van der Waals surface area contributed by atoms with Crippen LogP contribution in [0.2, 0.25) is 5.02 Å². The van der Waals surface area contributed by atoms with Crippen LogP contribution in [0.4, 0.5) is 0 Å². The Balaban J connectivity index is 3.64. The largest absolute Gasteiger partial charge is 0.478 e. The van der Waals surface area contributed by atoms with Gasteiger partial charge in [0.25, 0.3) is 0 Å². The second kappa shape index (κ2) is 5.48. The van der Waals surface area contributed by atoms with E-state index in [0.717, 1.165) is 10.4 Å². The molecule has 0 heterocycles. The first-order valence-electron chi connectivity index (χ1n) is 5.58. The lowest BCUT2D eigenvalue weighted by Gasteiger charge is -2.16. The maximum atomic E-state index is 12.1. The molecule has 0 aliphatic carbocycles. The summed E-state index contributed by atoms with van der Waals surface area (Å²) in [6.07, 6.45) is 0. The minimum absolute atomic E-state index is 0.0300. The Bertz CT molecular complexity index is 608. The van der Waals surface area contributed by atoms with Crippen molar-refractivity contribution in [2.75, 3.05) is 14.1 Å². The molecule has 0 spiro atoms. The maximum Gasteiger partial charge on any atom is 0.336 e. The van der Waals surface area contributed by atoms with Crippen molar-refractivity contribution in [3.63, 3.8) is 0 Å². The molecule has 0 saturated carbocycles. The molecule has 1 aromatic carbocycles. The summed E-state index contributed by atoms with van der Waals surface area (Å²) in [5.41, 5.74) is 0.468. The Kier molecular flexibility index (Phi) is 4.60. The number of benzene rings is 1. The zero-order chi connectivity index (χ0) is 15.0. The molecule has 0 fully saturated rings. The lowest BCUT2D eigenvalue weighted by molar-refractivity contribution is 0.0695. The Morgan fingerprint density at radius 2 is 1.84 bits per heavy atom. The fourth-order valence-electron chi connectivity index (χ4n) is 1.63. The molecule has 0 amide bonds. The lowest BCUT2D eigenvalue weighted by atomic mass is 9.97. The maximum absolute atomic E-state index is 12.1. The van der Waals surface area contributed by atoms with Crippen LogP contribution in [0.1, 0.15) is 35.7 Å². The molecule has 0 saturated heterocycles. The fraction of sp³-hybridized carbons (Fsp3) is 0.417. The Morgan fingerprint density at radius 1 is 1.32 bits per heavy atom. The highest BCUT2D eigenvalue weighted by atomic mass is 35.5. The topological polar surface area (TPSA) is 74.7 Å². The lowest BCUT2D eigenvalue weighted by Crippen LogP contribution is -2.23. The molecule has 106 valence electrons. The molecular formula is C12H16ClNO4S. The summed E-state index contributed by atoms with van der Waals surface area (Å²) in [6, 6.07) is 2.53. The molecule has 0 atom stereocenters. The van der Waals surface area contributed by atoms with E-state index in [-0.39, 0.29) is 21.4 Å². The minimum atomic E-state index is -3.77. The molecule has 0 radical (unpaired) electrons. The zero-order valence-corrected chi connectivity index (χ0v) is 12.7. The van der Waals surface area contributed by atoms with Gasteiger partial charge in [0.05, 0.1) is 10.6 Å². The summed E-state index contributed by atoms with van der Waals surface area (Å²) in [4.78, 5) is 11.0. The van der Waals surface area contributed by atoms with Crippen molar-refractivity contribution in [2.45, 2.75) is 24.7 Å². The summed E-state index contributed by atoms with van der Waals surface area (Å²) in [5, 5.41) is 9.21. The van der Waals surface area contributed by atoms with E-state index in [1.165, 1.54) is 20.2 Å². The van der Waals surface area contributed by atoms with Crippen molar-refractivity contribution in [2.24, 2.45) is 0 Å². The number of hydrogen-bond donors (Lipinski definition) is 1. The zero-order valence-electron chi connectivity index (χ0n) is 11.1. The summed E-state index contributed by atoms with van der Waals surface area (Å²) >= 11 is 5.98. The van der Waals surface area contributed by atoms with Crippen LogP contribution in [-0.2, 0) is 10.0 Å². The molecule has 1 rings (SSSR count). The van der Waals surface area contributed by atoms with Gasteiger partial charge < -0.3 is 5.11 Å². The SMILES string of the molecule is CC(C)c1cc(Cl)c(S(=O)(=O)N(C)C)cc1C(=O)O. The van der Waals surface area contributed by atoms with E-state index in [2.05, 4.69) is 0 Å². The van der Waals surface area contributed by atoms with Crippen LogP contribution in [0.5, 0.6) is 0 Å². The third-order valence-electron chi connectivity index (χ3n) is 2.72. The summed E-state index contributed by atoms with van der Waals surface area (Å²) in [6.45, 7) is 3.64. The third kappa shape index (κ3) is 3.08. The van der Waals surface area contributed by atoms with Crippen LogP contribution in [0.25, 0.3) is 0 Å². The van der Waals surface area contributed by atoms with Crippen molar-refractivity contribution >= 4 is 27.6 Å². The number of carboxylic acids is 1. The van der Waals surface area contributed by atoms with Gasteiger partial charge in [0.2, 0.25) is 10.0 Å². The van der Waals surface area contributed by atoms with Crippen molar-refractivity contribution in [3.8, 4) is 0 Å². The van der Waals surface area contributed by atoms with Gasteiger partial charge in [0, 0.05) is 14.1 Å². The van der Waals surface area contributed by atoms with E-state index in [0.29, 0.717) is 5.56 Å². The van der Waals surface area contributed by atoms with Gasteiger partial charge in [0.1, 0.15) is 4.90 Å². The Hall–Kier alpha value is -1.11. The minimum Gasteiger partial charge on any atom is -0.478 e. The monoisotopic (exact) mass is 305 g/mol. The average Bonchev–Trinajstić information content (AvgIpc) is 2.27. The third-order valence-corrected chi connectivity index (χ3v) is 4.99. The van der Waals surface area contributed by atoms with Crippen LogP contribution in [0.15, 0.2) is 17.0 Å². The highest BCUT2D eigenvalue weighted by molar-refractivity contribution is 7.89. The molecule has 0 aliphatic rings. The van der Waals surface area contributed by atoms with Crippen molar-refractivity contribution in [1.29, 1.82) is 0 Å². The fourth-order valence-corrected chi connectivity index (χ4v) is 3.06. The van der Waals surface area contributed by atoms with E-state index in [1.54, 1.807) is 0 Å². The van der Waals surface area contributed by atoms with Crippen molar-refractivity contribution < 1.29 is 18.3 Å². The Labute approximate surface area is 117 Å². The normalized spacial score (nSPS) is 12.2. The summed E-state index contributed by atoms with van der Waals surface area (Å²) in [7, 11) is -1.04. The van der Waals surface area contributed by atoms with E-state index in [4.69, 9.17) is 11.6 Å². The second-order valence-electron chi connectivity index (χ2n) is 4.62. The van der Waals surface area contributed by atoms with Crippen molar-refractivity contribution in [3.05, 3.63) is 28.3 Å². The van der Waals surface area contributed by atoms with E-state index >= 15 is 0 Å². The molecule has 1 aromatic rings. The van der Waals surface area contributed by atoms with Gasteiger partial charge in [-0.1, -0.05) is 25.4 Å². The number of carbonyl (C=O) groups is 1. The number of hydrogen-bond acceptors (Lipinski definition) is 3. The smallest absolute Gasteiger partial charge is 0.336 e.